The highest BCUT2D eigenvalue weighted by atomic mass is 32.2. The van der Waals surface area contributed by atoms with Crippen molar-refractivity contribution in [2.24, 2.45) is 0 Å². The van der Waals surface area contributed by atoms with Gasteiger partial charge in [0.2, 0.25) is 0 Å². The third kappa shape index (κ3) is 3.23. The number of esters is 1. The third-order valence-corrected chi connectivity index (χ3v) is 5.83. The van der Waals surface area contributed by atoms with Crippen LogP contribution in [0.3, 0.4) is 0 Å². The zero-order valence-electron chi connectivity index (χ0n) is 12.0. The Morgan fingerprint density at radius 2 is 1.73 bits per heavy atom. The van der Waals surface area contributed by atoms with Crippen LogP contribution in [0.4, 0.5) is 0 Å². The zero-order valence-corrected chi connectivity index (χ0v) is 13.7. The second kappa shape index (κ2) is 7.07. The number of hydrogen-bond donors (Lipinski definition) is 0. The number of thioether (sulfide) groups is 1. The van der Waals surface area contributed by atoms with Gasteiger partial charge in [-0.05, 0) is 23.3 Å². The van der Waals surface area contributed by atoms with Gasteiger partial charge in [0.25, 0.3) is 0 Å². The molecule has 0 fully saturated rings. The van der Waals surface area contributed by atoms with Crippen LogP contribution in [0.25, 0.3) is 0 Å². The Balaban J connectivity index is 1.78. The van der Waals surface area contributed by atoms with E-state index in [-0.39, 0.29) is 11.2 Å². The van der Waals surface area contributed by atoms with Gasteiger partial charge < -0.3 is 4.74 Å². The van der Waals surface area contributed by atoms with Crippen LogP contribution in [0.1, 0.15) is 16.4 Å². The predicted molar refractivity (Wildman–Crippen MR) is 92.5 cm³/mol. The fraction of sp³-hybridized carbons (Fsp3) is 0.167. The van der Waals surface area contributed by atoms with Crippen molar-refractivity contribution in [3.8, 4) is 0 Å². The number of rotatable bonds is 5. The fourth-order valence-electron chi connectivity index (χ4n) is 2.41. The molecule has 0 aliphatic carbocycles. The van der Waals surface area contributed by atoms with E-state index in [4.69, 9.17) is 4.74 Å². The van der Waals surface area contributed by atoms with Crippen molar-refractivity contribution in [3.05, 3.63) is 72.3 Å². The van der Waals surface area contributed by atoms with Gasteiger partial charge in [0.05, 0.1) is 5.25 Å². The van der Waals surface area contributed by atoms with Crippen LogP contribution in [0.2, 0.25) is 0 Å². The normalized spacial score (nSPS) is 13.1. The molecule has 2 aromatic carbocycles. The summed E-state index contributed by atoms with van der Waals surface area (Å²) in [6.07, 6.45) is 1.20. The molecule has 3 rings (SSSR count). The Labute approximate surface area is 139 Å². The average molecular weight is 328 g/mol. The number of benzene rings is 2. The summed E-state index contributed by atoms with van der Waals surface area (Å²) in [4.78, 5) is 13.7. The lowest BCUT2D eigenvalue weighted by Gasteiger charge is -2.27. The Hall–Kier alpha value is -1.65. The molecule has 0 amide bonds. The summed E-state index contributed by atoms with van der Waals surface area (Å²) in [5.74, 6) is 0.401. The van der Waals surface area contributed by atoms with E-state index in [0.29, 0.717) is 6.61 Å². The van der Waals surface area contributed by atoms with Gasteiger partial charge in [0.1, 0.15) is 6.61 Å². The quantitative estimate of drug-likeness (QED) is 0.451. The summed E-state index contributed by atoms with van der Waals surface area (Å²) in [7, 11) is 0. The van der Waals surface area contributed by atoms with Crippen molar-refractivity contribution in [1.29, 1.82) is 0 Å². The molecular weight excluding hydrogens is 312 g/mol. The van der Waals surface area contributed by atoms with Gasteiger partial charge in [-0.25, -0.2) is 4.79 Å². The first-order valence-electron chi connectivity index (χ1n) is 7.06. The van der Waals surface area contributed by atoms with Crippen molar-refractivity contribution >= 4 is 29.5 Å². The summed E-state index contributed by atoms with van der Waals surface area (Å²) < 4.78 is 5.08. The molecule has 0 aromatic heterocycles. The molecule has 4 heteroatoms. The summed E-state index contributed by atoms with van der Waals surface area (Å²) in [6, 6.07) is 17.0. The van der Waals surface area contributed by atoms with Gasteiger partial charge in [0, 0.05) is 21.6 Å². The predicted octanol–water partition coefficient (Wildman–Crippen LogP) is 4.70. The van der Waals surface area contributed by atoms with Crippen LogP contribution in [0.15, 0.2) is 71.0 Å². The Morgan fingerprint density at radius 1 is 1.14 bits per heavy atom. The Bertz CT molecular complexity index is 651. The highest BCUT2D eigenvalue weighted by Crippen LogP contribution is 2.49. The molecule has 0 N–H and O–H groups in total. The minimum atomic E-state index is -0.361. The van der Waals surface area contributed by atoms with Gasteiger partial charge in [0.15, 0.2) is 0 Å². The maximum Gasteiger partial charge on any atom is 0.330 e. The Kier molecular flexibility index (Phi) is 4.90. The van der Waals surface area contributed by atoms with Crippen LogP contribution in [0.5, 0.6) is 0 Å². The van der Waals surface area contributed by atoms with E-state index in [9.17, 15) is 4.79 Å². The fourth-order valence-corrected chi connectivity index (χ4v) is 4.89. The smallest absolute Gasteiger partial charge is 0.330 e. The molecule has 1 heterocycles. The van der Waals surface area contributed by atoms with Gasteiger partial charge in [-0.3, -0.25) is 0 Å². The average Bonchev–Trinajstić information content (AvgIpc) is 2.57. The first-order valence-corrected chi connectivity index (χ1v) is 8.92. The third-order valence-electron chi connectivity index (χ3n) is 3.40. The molecule has 0 bridgehead atoms. The van der Waals surface area contributed by atoms with Gasteiger partial charge in [-0.1, -0.05) is 54.7 Å². The number of fused-ring (bicyclic) bond motifs is 2. The largest absolute Gasteiger partial charge is 0.462 e. The molecule has 0 atom stereocenters. The number of hydrogen-bond acceptors (Lipinski definition) is 4. The van der Waals surface area contributed by atoms with Crippen LogP contribution >= 0.6 is 23.5 Å². The first-order chi connectivity index (χ1) is 10.8. The minimum absolute atomic E-state index is 0.288. The minimum Gasteiger partial charge on any atom is -0.462 e. The summed E-state index contributed by atoms with van der Waals surface area (Å²) in [5.41, 5.74) is 2.68. The van der Waals surface area contributed by atoms with Crippen molar-refractivity contribution in [3.63, 3.8) is 0 Å². The standard InChI is InChI=1S/C18H16O2S2/c1-2-17(19)20-11-12-21-18-13-7-3-5-9-15(13)22-16-10-6-4-8-14(16)18/h2-10,18H,1,11-12H2. The zero-order chi connectivity index (χ0) is 15.4. The molecule has 0 spiro atoms. The number of carbonyl (C=O) groups is 1. The lowest BCUT2D eigenvalue weighted by atomic mass is 10.0. The van der Waals surface area contributed by atoms with E-state index in [1.165, 1.54) is 27.0 Å². The van der Waals surface area contributed by atoms with Crippen LogP contribution in [0, 0.1) is 0 Å². The van der Waals surface area contributed by atoms with E-state index in [1.807, 2.05) is 23.5 Å². The summed E-state index contributed by atoms with van der Waals surface area (Å²) in [5, 5.41) is 0.288. The maximum absolute atomic E-state index is 11.1. The summed E-state index contributed by atoms with van der Waals surface area (Å²) >= 11 is 3.63. The summed E-state index contributed by atoms with van der Waals surface area (Å²) in [6.45, 7) is 3.81. The molecule has 2 nitrogen and oxygen atoms in total. The van der Waals surface area contributed by atoms with E-state index in [0.717, 1.165) is 5.75 Å². The highest BCUT2D eigenvalue weighted by Gasteiger charge is 2.25. The number of carbonyl (C=O) groups excluding carboxylic acids is 1. The highest BCUT2D eigenvalue weighted by molar-refractivity contribution is 8.01. The first kappa shape index (κ1) is 15.3. The monoisotopic (exact) mass is 328 g/mol. The molecule has 0 unspecified atom stereocenters. The molecule has 22 heavy (non-hydrogen) atoms. The van der Waals surface area contributed by atoms with Crippen molar-refractivity contribution in [2.45, 2.75) is 15.0 Å². The van der Waals surface area contributed by atoms with Crippen LogP contribution in [-0.2, 0) is 9.53 Å². The van der Waals surface area contributed by atoms with Crippen molar-refractivity contribution in [1.82, 2.24) is 0 Å². The molecule has 112 valence electrons. The molecule has 0 saturated heterocycles. The SMILES string of the molecule is C=CC(=O)OCCSC1c2ccccc2Sc2ccccc21. The Morgan fingerprint density at radius 3 is 2.32 bits per heavy atom. The van der Waals surface area contributed by atoms with E-state index >= 15 is 0 Å². The van der Waals surface area contributed by atoms with Crippen molar-refractivity contribution < 1.29 is 9.53 Å². The molecule has 0 radical (unpaired) electrons. The second-order valence-electron chi connectivity index (χ2n) is 4.80. The molecule has 2 aromatic rings. The second-order valence-corrected chi connectivity index (χ2v) is 7.10. The van der Waals surface area contributed by atoms with Crippen LogP contribution < -0.4 is 0 Å². The lowest BCUT2D eigenvalue weighted by molar-refractivity contribution is -0.137. The lowest BCUT2D eigenvalue weighted by Crippen LogP contribution is -2.09. The molecule has 1 aliphatic rings. The van der Waals surface area contributed by atoms with Gasteiger partial charge in [-0.15, -0.1) is 11.8 Å². The molecule has 1 aliphatic heterocycles. The van der Waals surface area contributed by atoms with E-state index in [1.54, 1.807) is 0 Å². The van der Waals surface area contributed by atoms with E-state index in [2.05, 4.69) is 55.1 Å². The van der Waals surface area contributed by atoms with Crippen molar-refractivity contribution in [2.75, 3.05) is 12.4 Å². The molecule has 0 saturated carbocycles. The van der Waals surface area contributed by atoms with Gasteiger partial charge in [-0.2, -0.15) is 0 Å². The topological polar surface area (TPSA) is 26.3 Å². The van der Waals surface area contributed by atoms with Gasteiger partial charge >= 0.3 is 5.97 Å². The van der Waals surface area contributed by atoms with E-state index < -0.39 is 0 Å². The number of ether oxygens (including phenoxy) is 1. The van der Waals surface area contributed by atoms with Crippen LogP contribution in [-0.4, -0.2) is 18.3 Å². The molecular formula is C18H16O2S2. The maximum atomic E-state index is 11.1.